The molecule has 2 aliphatic carbocycles. The van der Waals surface area contributed by atoms with E-state index in [-0.39, 0.29) is 30.2 Å². The minimum Gasteiger partial charge on any atom is -0.164 e. The smallest absolute Gasteiger partial charge is 0.0279 e. The fourth-order valence-electron chi connectivity index (χ4n) is 3.94. The molecular weight excluding hydrogens is 539 g/mol. The molecule has 0 heterocycles. The molecule has 0 nitrogen and oxygen atoms in total. The Morgan fingerprint density at radius 2 is 1.55 bits per heavy atom. The summed E-state index contributed by atoms with van der Waals surface area (Å²) >= 11 is 1.74. The van der Waals surface area contributed by atoms with Gasteiger partial charge in [-0.15, -0.1) is 66.3 Å². The van der Waals surface area contributed by atoms with Crippen molar-refractivity contribution >= 4 is 41.0 Å². The largest absolute Gasteiger partial charge is 0.164 e. The molecule has 0 N–H and O–H groups in total. The van der Waals surface area contributed by atoms with Gasteiger partial charge in [0.2, 0.25) is 0 Å². The van der Waals surface area contributed by atoms with Gasteiger partial charge in [0.05, 0.1) is 0 Å². The molecule has 2 aliphatic rings. The summed E-state index contributed by atoms with van der Waals surface area (Å²) in [6.45, 7) is 13.3. The summed E-state index contributed by atoms with van der Waals surface area (Å²) in [5, 5.41) is 2.80. The van der Waals surface area contributed by atoms with Crippen LogP contribution in [0.2, 0.25) is 13.1 Å². The third kappa shape index (κ3) is 8.43. The van der Waals surface area contributed by atoms with E-state index >= 15 is 0 Å². The molecule has 3 aromatic rings. The Hall–Kier alpha value is -0.790. The van der Waals surface area contributed by atoms with Gasteiger partial charge in [0.25, 0.3) is 0 Å². The van der Waals surface area contributed by atoms with Gasteiger partial charge in [-0.1, -0.05) is 68.7 Å². The molecule has 0 spiro atoms. The molecule has 0 aliphatic heterocycles. The molecule has 0 saturated heterocycles. The second-order valence-corrected chi connectivity index (χ2v) is 18.4. The van der Waals surface area contributed by atoms with Crippen LogP contribution in [0.15, 0.2) is 77.4 Å². The number of rotatable bonds is 2. The molecule has 3 aromatic carbocycles. The molecule has 174 valence electrons. The minimum atomic E-state index is 0. The molecule has 0 aromatic heterocycles. The van der Waals surface area contributed by atoms with E-state index in [1.54, 1.807) is 23.3 Å². The number of halogens is 2. The summed E-state index contributed by atoms with van der Waals surface area (Å²) in [5.41, 5.74) is 8.67. The van der Waals surface area contributed by atoms with Crippen LogP contribution in [0.3, 0.4) is 0 Å². The Morgan fingerprint density at radius 3 is 2.00 bits per heavy atom. The van der Waals surface area contributed by atoms with E-state index in [0.29, 0.717) is 5.92 Å². The molecule has 0 amide bonds. The van der Waals surface area contributed by atoms with E-state index in [0.717, 1.165) is 5.92 Å². The van der Waals surface area contributed by atoms with Crippen molar-refractivity contribution in [1.29, 1.82) is 0 Å². The van der Waals surface area contributed by atoms with Gasteiger partial charge >= 0.3 is 41.9 Å². The fourth-order valence-corrected chi connectivity index (χ4v) is 3.94. The molecule has 33 heavy (non-hydrogen) atoms. The maximum absolute atomic E-state index is 3.36. The van der Waals surface area contributed by atoms with E-state index in [2.05, 4.69) is 108 Å². The summed E-state index contributed by atoms with van der Waals surface area (Å²) in [5.74, 6) is 1.39. The second-order valence-electron chi connectivity index (χ2n) is 9.04. The first-order valence-electron chi connectivity index (χ1n) is 11.3. The molecule has 0 radical (unpaired) electrons. The Labute approximate surface area is 228 Å². The molecule has 5 rings (SSSR count). The van der Waals surface area contributed by atoms with Gasteiger partial charge in [-0.05, 0) is 24.3 Å². The molecule has 1 atom stereocenters. The third-order valence-corrected chi connectivity index (χ3v) is 6.14. The summed E-state index contributed by atoms with van der Waals surface area (Å²) in [4.78, 5) is 0. The predicted octanol–water partition coefficient (Wildman–Crippen LogP) is 9.45. The van der Waals surface area contributed by atoms with Crippen molar-refractivity contribution in [1.82, 2.24) is 0 Å². The predicted molar refractivity (Wildman–Crippen MR) is 149 cm³/mol. The van der Waals surface area contributed by atoms with Crippen LogP contribution in [0.1, 0.15) is 52.0 Å². The van der Waals surface area contributed by atoms with Crippen LogP contribution in [0.5, 0.6) is 0 Å². The molecule has 1 unspecified atom stereocenters. The van der Waals surface area contributed by atoms with Gasteiger partial charge in [-0.25, -0.2) is 5.57 Å². The number of hydrogen-bond acceptors (Lipinski definition) is 0. The number of allylic oxidation sites excluding steroid dienone is 4. The summed E-state index contributed by atoms with van der Waals surface area (Å²) in [6.07, 6.45) is 6.10. The van der Waals surface area contributed by atoms with Gasteiger partial charge in [0.15, 0.2) is 0 Å². The first-order valence-corrected chi connectivity index (χ1v) is 17.5. The Kier molecular flexibility index (Phi) is 12.8. The van der Waals surface area contributed by atoms with Gasteiger partial charge in [0.1, 0.15) is 0 Å². The monoisotopic (exact) mass is 572 g/mol. The van der Waals surface area contributed by atoms with Crippen LogP contribution in [0.25, 0.3) is 21.9 Å². The maximum atomic E-state index is 3.36. The van der Waals surface area contributed by atoms with Crippen molar-refractivity contribution in [3.8, 4) is 11.1 Å². The van der Waals surface area contributed by atoms with E-state index in [1.165, 1.54) is 57.0 Å². The first-order chi connectivity index (χ1) is 14.8. The van der Waals surface area contributed by atoms with E-state index in [1.807, 2.05) is 0 Å². The van der Waals surface area contributed by atoms with Crippen LogP contribution in [-0.2, 0) is 23.3 Å². The molecule has 1 fully saturated rings. The first kappa shape index (κ1) is 30.2. The number of fused-ring (bicyclic) bond motifs is 1. The Bertz CT molecular complexity index is 1120. The quantitative estimate of drug-likeness (QED) is 0.211. The second kappa shape index (κ2) is 13.9. The normalized spacial score (nSPS) is 16.5. The zero-order valence-corrected chi connectivity index (χ0v) is 25.7. The summed E-state index contributed by atoms with van der Waals surface area (Å²) < 4.78 is 0. The van der Waals surface area contributed by atoms with Gasteiger partial charge in [-0.3, -0.25) is 6.08 Å². The number of hydrogen-bond donors (Lipinski definition) is 0. The molecule has 4 heteroatoms. The molecule has 1 saturated carbocycles. The number of benzene rings is 2. The maximum Gasteiger partial charge on any atom is -0.0279 e. The SMILES string of the molecule is CC1=[C-]C(C)C(C)=C1C.C[Si](C)=[Zr+2].Cl.Cl.c1ccc(-c2cccc3[cH-]c(C4CC4)cc23)cc1. The van der Waals surface area contributed by atoms with Crippen LogP contribution >= 0.6 is 24.8 Å². The molecule has 0 bridgehead atoms. The van der Waals surface area contributed by atoms with Crippen molar-refractivity contribution in [3.63, 3.8) is 0 Å². The van der Waals surface area contributed by atoms with Crippen molar-refractivity contribution in [3.05, 3.63) is 89.0 Å². The van der Waals surface area contributed by atoms with Gasteiger partial charge in [0, 0.05) is 0 Å². The average molecular weight is 575 g/mol. The molecular formula is C29H36Cl2SiZr. The van der Waals surface area contributed by atoms with Gasteiger partial charge < -0.3 is 0 Å². The third-order valence-electron chi connectivity index (χ3n) is 6.14. The van der Waals surface area contributed by atoms with Gasteiger partial charge in [-0.2, -0.15) is 17.2 Å². The standard InChI is InChI=1S/C18H15.C9H13.C2H6Si.2ClH.Zr/c1-2-5-14(6-3-1)17-8-4-7-15-11-16(12-18(15)17)13-9-10-13;1-6-5-7(2)9(4)8(6)3;1-3-2;;;/h1-8,11-13H,9-10H2;6H,1-4H3;1-2H3;2*1H;/q2*-1;;;;+2. The zero-order valence-electron chi connectivity index (χ0n) is 20.7. The Morgan fingerprint density at radius 1 is 0.939 bits per heavy atom. The van der Waals surface area contributed by atoms with Crippen molar-refractivity contribution < 1.29 is 23.3 Å². The fraction of sp³-hybridized carbons (Fsp3) is 0.345. The van der Waals surface area contributed by atoms with E-state index in [4.69, 9.17) is 0 Å². The van der Waals surface area contributed by atoms with Crippen LogP contribution in [0, 0.1) is 12.0 Å². The summed E-state index contributed by atoms with van der Waals surface area (Å²) in [7, 11) is 0. The van der Waals surface area contributed by atoms with Crippen molar-refractivity contribution in [2.45, 2.75) is 59.5 Å². The van der Waals surface area contributed by atoms with Crippen molar-refractivity contribution in [2.75, 3.05) is 0 Å². The topological polar surface area (TPSA) is 0 Å². The van der Waals surface area contributed by atoms with Crippen molar-refractivity contribution in [2.24, 2.45) is 5.92 Å². The summed E-state index contributed by atoms with van der Waals surface area (Å²) in [6, 6.07) is 22.1. The minimum absolute atomic E-state index is 0. The Balaban J connectivity index is 0.000000310. The van der Waals surface area contributed by atoms with E-state index < -0.39 is 0 Å². The van der Waals surface area contributed by atoms with E-state index in [9.17, 15) is 0 Å². The van der Waals surface area contributed by atoms with Crippen LogP contribution in [0.4, 0.5) is 0 Å². The van der Waals surface area contributed by atoms with Crippen LogP contribution < -0.4 is 0 Å². The average Bonchev–Trinajstić information content (AvgIpc) is 3.46. The van der Waals surface area contributed by atoms with Crippen LogP contribution in [-0.4, -0.2) is 5.43 Å². The zero-order chi connectivity index (χ0) is 22.5.